The van der Waals surface area contributed by atoms with Crippen molar-refractivity contribution in [3.8, 4) is 0 Å². The number of oxime groups is 1. The maximum Gasteiger partial charge on any atom is 0.155 e. The fourth-order valence-corrected chi connectivity index (χ4v) is 1.51. The summed E-state index contributed by atoms with van der Waals surface area (Å²) in [5.74, 6) is 0. The zero-order valence-electron chi connectivity index (χ0n) is 7.21. The molecular formula is C9H12ClNO. The van der Waals surface area contributed by atoms with Gasteiger partial charge in [-0.1, -0.05) is 40.6 Å². The summed E-state index contributed by atoms with van der Waals surface area (Å²) in [6.45, 7) is 3.98. The van der Waals surface area contributed by atoms with E-state index in [1.807, 2.05) is 32.1 Å². The molecule has 1 aliphatic carbocycles. The van der Waals surface area contributed by atoms with Crippen molar-refractivity contribution in [2.75, 3.05) is 0 Å². The molecule has 0 spiro atoms. The highest BCUT2D eigenvalue weighted by atomic mass is 35.5. The minimum Gasteiger partial charge on any atom is -0.410 e. The molecule has 1 aliphatic rings. The van der Waals surface area contributed by atoms with Crippen LogP contribution in [0, 0.1) is 5.41 Å². The third-order valence-electron chi connectivity index (χ3n) is 2.05. The van der Waals surface area contributed by atoms with Crippen molar-refractivity contribution in [1.82, 2.24) is 0 Å². The zero-order chi connectivity index (χ0) is 9.19. The molecule has 3 heteroatoms. The number of hydrogen-bond acceptors (Lipinski definition) is 2. The van der Waals surface area contributed by atoms with Gasteiger partial charge in [-0.25, -0.2) is 0 Å². The Bertz CT molecular complexity index is 268. The van der Waals surface area contributed by atoms with Gasteiger partial charge in [-0.15, -0.1) is 0 Å². The van der Waals surface area contributed by atoms with Crippen molar-refractivity contribution in [1.29, 1.82) is 0 Å². The second-order valence-electron chi connectivity index (χ2n) is 3.36. The van der Waals surface area contributed by atoms with Gasteiger partial charge in [-0.3, -0.25) is 0 Å². The number of rotatable bonds is 1. The molecule has 0 heterocycles. The van der Waals surface area contributed by atoms with Crippen molar-refractivity contribution >= 4 is 16.8 Å². The number of halogens is 1. The third kappa shape index (κ3) is 1.69. The molecule has 1 N–H and O–H groups in total. The first kappa shape index (κ1) is 9.33. The molecule has 1 atom stereocenters. The Labute approximate surface area is 77.2 Å². The topological polar surface area (TPSA) is 32.6 Å². The van der Waals surface area contributed by atoms with Crippen molar-refractivity contribution in [2.24, 2.45) is 10.6 Å². The molecule has 2 nitrogen and oxygen atoms in total. The van der Waals surface area contributed by atoms with E-state index in [2.05, 4.69) is 5.16 Å². The lowest BCUT2D eigenvalue weighted by molar-refractivity contribution is 0.314. The largest absolute Gasteiger partial charge is 0.410 e. The van der Waals surface area contributed by atoms with Crippen LogP contribution in [-0.2, 0) is 0 Å². The summed E-state index contributed by atoms with van der Waals surface area (Å²) in [6, 6.07) is 0. The van der Waals surface area contributed by atoms with Crippen LogP contribution in [0.25, 0.3) is 0 Å². The first-order valence-corrected chi connectivity index (χ1v) is 4.19. The molecule has 12 heavy (non-hydrogen) atoms. The van der Waals surface area contributed by atoms with E-state index in [-0.39, 0.29) is 10.6 Å². The normalized spacial score (nSPS) is 30.2. The molecule has 0 amide bonds. The Morgan fingerprint density at radius 2 is 2.42 bits per heavy atom. The van der Waals surface area contributed by atoms with E-state index in [1.165, 1.54) is 5.57 Å². The van der Waals surface area contributed by atoms with E-state index >= 15 is 0 Å². The van der Waals surface area contributed by atoms with Gasteiger partial charge in [0.15, 0.2) is 5.17 Å². The van der Waals surface area contributed by atoms with Crippen LogP contribution in [0.5, 0.6) is 0 Å². The average molecular weight is 186 g/mol. The Balaban J connectivity index is 2.90. The fourth-order valence-electron chi connectivity index (χ4n) is 1.38. The molecule has 0 fully saturated rings. The van der Waals surface area contributed by atoms with Gasteiger partial charge in [-0.05, 0) is 20.3 Å². The smallest absolute Gasteiger partial charge is 0.155 e. The van der Waals surface area contributed by atoms with Crippen molar-refractivity contribution < 1.29 is 5.21 Å². The highest BCUT2D eigenvalue weighted by Crippen LogP contribution is 2.33. The summed E-state index contributed by atoms with van der Waals surface area (Å²) in [5, 5.41) is 11.8. The lowest BCUT2D eigenvalue weighted by atomic mass is 9.81. The van der Waals surface area contributed by atoms with E-state index in [0.29, 0.717) is 0 Å². The predicted molar refractivity (Wildman–Crippen MR) is 50.7 cm³/mol. The molecule has 0 aromatic heterocycles. The minimum atomic E-state index is -0.324. The second-order valence-corrected chi connectivity index (χ2v) is 3.72. The zero-order valence-corrected chi connectivity index (χ0v) is 7.97. The van der Waals surface area contributed by atoms with Gasteiger partial charge in [-0.2, -0.15) is 0 Å². The lowest BCUT2D eigenvalue weighted by Crippen LogP contribution is -2.23. The van der Waals surface area contributed by atoms with E-state index in [1.54, 1.807) is 0 Å². The van der Waals surface area contributed by atoms with Gasteiger partial charge >= 0.3 is 0 Å². The fraction of sp³-hybridized carbons (Fsp3) is 0.444. The maximum absolute atomic E-state index is 8.54. The summed E-state index contributed by atoms with van der Waals surface area (Å²) < 4.78 is 0. The van der Waals surface area contributed by atoms with E-state index in [0.717, 1.165) is 6.42 Å². The van der Waals surface area contributed by atoms with Crippen LogP contribution >= 0.6 is 11.6 Å². The third-order valence-corrected chi connectivity index (χ3v) is 2.56. The van der Waals surface area contributed by atoms with E-state index < -0.39 is 0 Å². The molecule has 0 aliphatic heterocycles. The van der Waals surface area contributed by atoms with E-state index in [4.69, 9.17) is 16.8 Å². The van der Waals surface area contributed by atoms with Crippen molar-refractivity contribution in [3.05, 3.63) is 23.8 Å². The van der Waals surface area contributed by atoms with Gasteiger partial charge in [0.25, 0.3) is 0 Å². The van der Waals surface area contributed by atoms with Crippen molar-refractivity contribution in [2.45, 2.75) is 20.3 Å². The number of allylic oxidation sites excluding steroid dienone is 4. The van der Waals surface area contributed by atoms with Crippen LogP contribution in [0.4, 0.5) is 0 Å². The predicted octanol–water partition coefficient (Wildman–Crippen LogP) is 2.93. The number of nitrogens with zero attached hydrogens (tertiary/aromatic N) is 1. The van der Waals surface area contributed by atoms with E-state index in [9.17, 15) is 0 Å². The van der Waals surface area contributed by atoms with Gasteiger partial charge < -0.3 is 5.21 Å². The molecule has 1 rings (SSSR count). The summed E-state index contributed by atoms with van der Waals surface area (Å²) in [6.07, 6.45) is 6.73. The quantitative estimate of drug-likeness (QED) is 0.380. The summed E-state index contributed by atoms with van der Waals surface area (Å²) >= 11 is 5.77. The molecule has 0 saturated carbocycles. The molecule has 0 bridgehead atoms. The van der Waals surface area contributed by atoms with Gasteiger partial charge in [0, 0.05) is 5.41 Å². The average Bonchev–Trinajstić information content (AvgIpc) is 2.02. The Kier molecular flexibility index (Phi) is 2.58. The summed E-state index contributed by atoms with van der Waals surface area (Å²) in [5.41, 5.74) is 0.914. The lowest BCUT2D eigenvalue weighted by Gasteiger charge is -2.25. The van der Waals surface area contributed by atoms with Crippen molar-refractivity contribution in [3.63, 3.8) is 0 Å². The van der Waals surface area contributed by atoms with Gasteiger partial charge in [0.1, 0.15) is 0 Å². The van der Waals surface area contributed by atoms with Crippen LogP contribution < -0.4 is 0 Å². The molecule has 0 aromatic carbocycles. The van der Waals surface area contributed by atoms with Crippen LogP contribution in [-0.4, -0.2) is 10.4 Å². The number of hydrogen-bond donors (Lipinski definition) is 1. The maximum atomic E-state index is 8.54. The van der Waals surface area contributed by atoms with Crippen LogP contribution in [0.3, 0.4) is 0 Å². The standard InChI is InChI=1S/C9H12ClNO/c1-7-4-3-5-9(2,6-7)8(10)11-12/h3-5,12H,6H2,1-2H3. The molecule has 0 saturated heterocycles. The monoisotopic (exact) mass is 185 g/mol. The van der Waals surface area contributed by atoms with Gasteiger partial charge in [0.05, 0.1) is 0 Å². The van der Waals surface area contributed by atoms with Gasteiger partial charge in [0.2, 0.25) is 0 Å². The first-order valence-electron chi connectivity index (χ1n) is 3.81. The van der Waals surface area contributed by atoms with Crippen LogP contribution in [0.2, 0.25) is 0 Å². The molecule has 0 aromatic rings. The SMILES string of the molecule is CC1=CC=CC(C)(C(Cl)=NO)C1. The molecule has 1 unspecified atom stereocenters. The first-order chi connectivity index (χ1) is 5.58. The minimum absolute atomic E-state index is 0.242. The molecule has 0 radical (unpaired) electrons. The highest BCUT2D eigenvalue weighted by Gasteiger charge is 2.28. The van der Waals surface area contributed by atoms with Crippen LogP contribution in [0.15, 0.2) is 29.0 Å². The Morgan fingerprint density at radius 1 is 1.75 bits per heavy atom. The summed E-state index contributed by atoms with van der Waals surface area (Å²) in [7, 11) is 0. The Hall–Kier alpha value is -0.760. The molecule has 66 valence electrons. The Morgan fingerprint density at radius 3 is 2.92 bits per heavy atom. The highest BCUT2D eigenvalue weighted by molar-refractivity contribution is 6.66. The molecular weight excluding hydrogens is 174 g/mol. The second kappa shape index (κ2) is 3.31. The van der Waals surface area contributed by atoms with Crippen LogP contribution in [0.1, 0.15) is 20.3 Å². The summed E-state index contributed by atoms with van der Waals surface area (Å²) in [4.78, 5) is 0.